The van der Waals surface area contributed by atoms with Crippen LogP contribution in [0.5, 0.6) is 0 Å². The predicted octanol–water partition coefficient (Wildman–Crippen LogP) is -0.771. The van der Waals surface area contributed by atoms with E-state index in [1.54, 1.807) is 6.92 Å². The second-order valence-corrected chi connectivity index (χ2v) is 3.08. The molecular formula is C8H15ClN2O3. The van der Waals surface area contributed by atoms with Crippen LogP contribution in [0.15, 0.2) is 0 Å². The molecule has 5 nitrogen and oxygen atoms in total. The molecule has 0 spiro atoms. The van der Waals surface area contributed by atoms with Crippen molar-refractivity contribution in [2.45, 2.75) is 19.4 Å². The van der Waals surface area contributed by atoms with Crippen molar-refractivity contribution in [3.05, 3.63) is 0 Å². The first kappa shape index (κ1) is 13.2. The smallest absolute Gasteiger partial charge is 0.309 e. The Labute approximate surface area is 87.8 Å². The number of rotatable bonds is 5. The standard InChI is InChI=1S/C8H15ClN2O3/c1-2-6(5-12)11-8(14)7(13)10-4-3-9/h6,12H,2-5H2,1H3,(H,10,13)(H,11,14). The molecule has 14 heavy (non-hydrogen) atoms. The largest absolute Gasteiger partial charge is 0.394 e. The normalized spacial score (nSPS) is 11.9. The van der Waals surface area contributed by atoms with Crippen LogP contribution in [0, 0.1) is 0 Å². The van der Waals surface area contributed by atoms with Crippen LogP contribution in [0.25, 0.3) is 0 Å². The van der Waals surface area contributed by atoms with Gasteiger partial charge in [-0.1, -0.05) is 6.92 Å². The first-order valence-electron chi connectivity index (χ1n) is 4.41. The van der Waals surface area contributed by atoms with E-state index in [4.69, 9.17) is 16.7 Å². The number of carbonyl (C=O) groups is 2. The monoisotopic (exact) mass is 222 g/mol. The molecule has 0 fully saturated rings. The van der Waals surface area contributed by atoms with E-state index in [1.807, 2.05) is 0 Å². The summed E-state index contributed by atoms with van der Waals surface area (Å²) in [5.41, 5.74) is 0. The van der Waals surface area contributed by atoms with Crippen molar-refractivity contribution in [2.75, 3.05) is 19.0 Å². The van der Waals surface area contributed by atoms with Crippen molar-refractivity contribution in [2.24, 2.45) is 0 Å². The molecule has 0 aliphatic carbocycles. The van der Waals surface area contributed by atoms with Gasteiger partial charge in [0.05, 0.1) is 12.6 Å². The van der Waals surface area contributed by atoms with Crippen LogP contribution >= 0.6 is 11.6 Å². The third-order valence-corrected chi connectivity index (χ3v) is 1.82. The molecule has 1 atom stereocenters. The van der Waals surface area contributed by atoms with Gasteiger partial charge in [-0.15, -0.1) is 11.6 Å². The number of aliphatic hydroxyl groups excluding tert-OH is 1. The number of hydrogen-bond donors (Lipinski definition) is 3. The molecule has 0 aromatic carbocycles. The summed E-state index contributed by atoms with van der Waals surface area (Å²) in [5, 5.41) is 13.5. The van der Waals surface area contributed by atoms with Gasteiger partial charge in [-0.2, -0.15) is 0 Å². The van der Waals surface area contributed by atoms with E-state index in [0.29, 0.717) is 6.42 Å². The highest BCUT2D eigenvalue weighted by Gasteiger charge is 2.15. The molecular weight excluding hydrogens is 208 g/mol. The van der Waals surface area contributed by atoms with Crippen molar-refractivity contribution < 1.29 is 14.7 Å². The fourth-order valence-corrected chi connectivity index (χ4v) is 0.863. The van der Waals surface area contributed by atoms with Crippen LogP contribution in [0.2, 0.25) is 0 Å². The van der Waals surface area contributed by atoms with Gasteiger partial charge >= 0.3 is 11.8 Å². The number of carbonyl (C=O) groups excluding carboxylic acids is 2. The molecule has 0 aliphatic heterocycles. The Kier molecular flexibility index (Phi) is 7.14. The van der Waals surface area contributed by atoms with Gasteiger partial charge in [-0.25, -0.2) is 0 Å². The molecule has 0 aromatic rings. The summed E-state index contributed by atoms with van der Waals surface area (Å²) >= 11 is 5.32. The number of alkyl halides is 1. The molecule has 0 heterocycles. The number of aliphatic hydroxyl groups is 1. The Balaban J connectivity index is 3.87. The quantitative estimate of drug-likeness (QED) is 0.422. The van der Waals surface area contributed by atoms with E-state index in [1.165, 1.54) is 0 Å². The molecule has 82 valence electrons. The van der Waals surface area contributed by atoms with E-state index in [2.05, 4.69) is 10.6 Å². The molecule has 0 saturated heterocycles. The number of halogens is 1. The Morgan fingerprint density at radius 2 is 2.07 bits per heavy atom. The molecule has 0 aromatic heterocycles. The zero-order valence-electron chi connectivity index (χ0n) is 8.05. The Hall–Kier alpha value is -0.810. The highest BCUT2D eigenvalue weighted by Crippen LogP contribution is 1.88. The van der Waals surface area contributed by atoms with E-state index < -0.39 is 11.8 Å². The van der Waals surface area contributed by atoms with Crippen molar-refractivity contribution in [1.29, 1.82) is 0 Å². The van der Waals surface area contributed by atoms with E-state index in [-0.39, 0.29) is 25.1 Å². The van der Waals surface area contributed by atoms with Crippen molar-refractivity contribution in [3.63, 3.8) is 0 Å². The summed E-state index contributed by atoms with van der Waals surface area (Å²) in [5.74, 6) is -1.20. The highest BCUT2D eigenvalue weighted by atomic mass is 35.5. The second-order valence-electron chi connectivity index (χ2n) is 2.71. The van der Waals surface area contributed by atoms with Gasteiger partial charge < -0.3 is 15.7 Å². The van der Waals surface area contributed by atoms with E-state index >= 15 is 0 Å². The summed E-state index contributed by atoms with van der Waals surface area (Å²) in [6, 6.07) is -0.371. The molecule has 0 saturated carbocycles. The second kappa shape index (κ2) is 7.58. The van der Waals surface area contributed by atoms with E-state index in [0.717, 1.165) is 0 Å². The molecule has 0 aliphatic rings. The first-order valence-corrected chi connectivity index (χ1v) is 4.94. The predicted molar refractivity (Wildman–Crippen MR) is 53.0 cm³/mol. The highest BCUT2D eigenvalue weighted by molar-refractivity contribution is 6.35. The fraction of sp³-hybridized carbons (Fsp3) is 0.750. The SMILES string of the molecule is CCC(CO)NC(=O)C(=O)NCCCl. The lowest BCUT2D eigenvalue weighted by Crippen LogP contribution is -2.46. The van der Waals surface area contributed by atoms with Crippen molar-refractivity contribution in [1.82, 2.24) is 10.6 Å². The molecule has 2 amide bonds. The summed E-state index contributed by atoms with van der Waals surface area (Å²) in [6.45, 7) is 1.88. The van der Waals surface area contributed by atoms with Crippen LogP contribution in [0.1, 0.15) is 13.3 Å². The molecule has 3 N–H and O–H groups in total. The minimum atomic E-state index is -0.740. The molecule has 6 heteroatoms. The maximum atomic E-state index is 11.1. The van der Waals surface area contributed by atoms with Gasteiger partial charge in [0.1, 0.15) is 0 Å². The van der Waals surface area contributed by atoms with Gasteiger partial charge in [-0.05, 0) is 6.42 Å². The molecule has 1 unspecified atom stereocenters. The minimum absolute atomic E-state index is 0.176. The molecule has 0 bridgehead atoms. The minimum Gasteiger partial charge on any atom is -0.394 e. The summed E-state index contributed by atoms with van der Waals surface area (Å²) in [4.78, 5) is 22.1. The summed E-state index contributed by atoms with van der Waals surface area (Å²) < 4.78 is 0. The zero-order valence-corrected chi connectivity index (χ0v) is 8.80. The van der Waals surface area contributed by atoms with Crippen LogP contribution in [-0.2, 0) is 9.59 Å². The molecule has 0 radical (unpaired) electrons. The maximum Gasteiger partial charge on any atom is 0.309 e. The Bertz CT molecular complexity index is 195. The topological polar surface area (TPSA) is 78.4 Å². The maximum absolute atomic E-state index is 11.1. The van der Waals surface area contributed by atoms with Gasteiger partial charge in [-0.3, -0.25) is 9.59 Å². The van der Waals surface area contributed by atoms with Crippen molar-refractivity contribution >= 4 is 23.4 Å². The lowest BCUT2D eigenvalue weighted by atomic mass is 10.2. The lowest BCUT2D eigenvalue weighted by molar-refractivity contribution is -0.139. The average Bonchev–Trinajstić information content (AvgIpc) is 2.21. The fourth-order valence-electron chi connectivity index (χ4n) is 0.769. The third-order valence-electron chi connectivity index (χ3n) is 1.63. The summed E-state index contributed by atoms with van der Waals surface area (Å²) in [7, 11) is 0. The number of nitrogens with one attached hydrogen (secondary N) is 2. The summed E-state index contributed by atoms with van der Waals surface area (Å²) in [6.07, 6.45) is 0.574. The van der Waals surface area contributed by atoms with Gasteiger partial charge in [0, 0.05) is 12.4 Å². The number of hydrogen-bond acceptors (Lipinski definition) is 3. The molecule has 0 rings (SSSR count). The number of amides is 2. The van der Waals surface area contributed by atoms with E-state index in [9.17, 15) is 9.59 Å². The van der Waals surface area contributed by atoms with Crippen molar-refractivity contribution in [3.8, 4) is 0 Å². The Morgan fingerprint density at radius 1 is 1.43 bits per heavy atom. The van der Waals surface area contributed by atoms with Crippen LogP contribution in [-0.4, -0.2) is 42.0 Å². The van der Waals surface area contributed by atoms with Crippen LogP contribution < -0.4 is 10.6 Å². The van der Waals surface area contributed by atoms with Gasteiger partial charge in [0.25, 0.3) is 0 Å². The lowest BCUT2D eigenvalue weighted by Gasteiger charge is -2.13. The van der Waals surface area contributed by atoms with Crippen LogP contribution in [0.3, 0.4) is 0 Å². The van der Waals surface area contributed by atoms with Crippen LogP contribution in [0.4, 0.5) is 0 Å². The average molecular weight is 223 g/mol. The third kappa shape index (κ3) is 5.04. The van der Waals surface area contributed by atoms with Gasteiger partial charge in [0.2, 0.25) is 0 Å². The van der Waals surface area contributed by atoms with Gasteiger partial charge in [0.15, 0.2) is 0 Å². The first-order chi connectivity index (χ1) is 6.65. The zero-order chi connectivity index (χ0) is 11.0. The Morgan fingerprint density at radius 3 is 2.50 bits per heavy atom.